The monoisotopic (exact) mass is 297 g/mol. The number of hydrogen-bond donors (Lipinski definition) is 1. The Morgan fingerprint density at radius 2 is 2.14 bits per heavy atom. The molecule has 21 heavy (non-hydrogen) atoms. The molecule has 0 saturated heterocycles. The van der Waals surface area contributed by atoms with Crippen molar-refractivity contribution >= 4 is 6.09 Å². The summed E-state index contributed by atoms with van der Waals surface area (Å²) in [6.45, 7) is 10.1. The molecule has 1 aromatic heterocycles. The van der Waals surface area contributed by atoms with Gasteiger partial charge in [-0.3, -0.25) is 0 Å². The number of carbonyl (C=O) groups excluding carboxylic acids is 1. The molecule has 2 atom stereocenters. The normalized spacial score (nSPS) is 14.6. The van der Waals surface area contributed by atoms with Crippen LogP contribution in [0.15, 0.2) is 12.5 Å². The minimum absolute atomic E-state index is 0.187. The molecular weight excluding hydrogens is 270 g/mol. The molecule has 1 unspecified atom stereocenters. The lowest BCUT2D eigenvalue weighted by Crippen LogP contribution is -2.35. The number of rotatable bonds is 6. The predicted molar refractivity (Wildman–Crippen MR) is 81.2 cm³/mol. The summed E-state index contributed by atoms with van der Waals surface area (Å²) in [5.74, 6) is 0. The van der Waals surface area contributed by atoms with Gasteiger partial charge >= 0.3 is 6.09 Å². The Labute approximate surface area is 126 Å². The molecule has 6 heteroatoms. The quantitative estimate of drug-likeness (QED) is 0.876. The zero-order valence-corrected chi connectivity index (χ0v) is 13.8. The standard InChI is InChI=1S/C15H27N3O3/c1-7-12(9-20-6)18-10-16-8-13(18)11(2)17-14(19)21-15(3,4)5/h8,10-12H,7,9H2,1-6H3,(H,17,19)/t11-,12?/m1/s1. The van der Waals surface area contributed by atoms with E-state index in [1.807, 2.05) is 32.3 Å². The van der Waals surface area contributed by atoms with Gasteiger partial charge in [-0.25, -0.2) is 9.78 Å². The van der Waals surface area contributed by atoms with E-state index in [4.69, 9.17) is 9.47 Å². The van der Waals surface area contributed by atoms with Crippen molar-refractivity contribution < 1.29 is 14.3 Å². The summed E-state index contributed by atoms with van der Waals surface area (Å²) in [7, 11) is 1.68. The van der Waals surface area contributed by atoms with Crippen LogP contribution in [0, 0.1) is 0 Å². The minimum atomic E-state index is -0.508. The number of methoxy groups -OCH3 is 1. The Bertz CT molecular complexity index is 451. The first kappa shape index (κ1) is 17.5. The van der Waals surface area contributed by atoms with Crippen molar-refractivity contribution in [3.63, 3.8) is 0 Å². The molecule has 0 aliphatic carbocycles. The van der Waals surface area contributed by atoms with Crippen LogP contribution in [-0.2, 0) is 9.47 Å². The number of nitrogens with zero attached hydrogens (tertiary/aromatic N) is 2. The van der Waals surface area contributed by atoms with Crippen molar-refractivity contribution in [1.82, 2.24) is 14.9 Å². The van der Waals surface area contributed by atoms with Crippen LogP contribution in [0.5, 0.6) is 0 Å². The van der Waals surface area contributed by atoms with Gasteiger partial charge in [0.2, 0.25) is 0 Å². The van der Waals surface area contributed by atoms with Crippen LogP contribution in [0.25, 0.3) is 0 Å². The van der Waals surface area contributed by atoms with E-state index in [9.17, 15) is 4.79 Å². The van der Waals surface area contributed by atoms with Crippen molar-refractivity contribution in [1.29, 1.82) is 0 Å². The second kappa shape index (κ2) is 7.45. The maximum Gasteiger partial charge on any atom is 0.408 e. The fraction of sp³-hybridized carbons (Fsp3) is 0.733. The first-order valence-electron chi connectivity index (χ1n) is 7.28. The number of ether oxygens (including phenoxy) is 2. The summed E-state index contributed by atoms with van der Waals surface area (Å²) in [5, 5.41) is 2.84. The molecule has 0 radical (unpaired) electrons. The highest BCUT2D eigenvalue weighted by Crippen LogP contribution is 2.20. The topological polar surface area (TPSA) is 65.4 Å². The van der Waals surface area contributed by atoms with E-state index in [2.05, 4.69) is 17.2 Å². The molecule has 1 aromatic rings. The fourth-order valence-electron chi connectivity index (χ4n) is 2.10. The average Bonchev–Trinajstić information content (AvgIpc) is 2.82. The molecule has 0 spiro atoms. The molecule has 0 aliphatic rings. The molecule has 0 bridgehead atoms. The van der Waals surface area contributed by atoms with Gasteiger partial charge in [0.05, 0.1) is 36.9 Å². The van der Waals surface area contributed by atoms with Gasteiger partial charge in [-0.05, 0) is 34.1 Å². The number of hydrogen-bond acceptors (Lipinski definition) is 4. The van der Waals surface area contributed by atoms with Crippen molar-refractivity contribution in [2.24, 2.45) is 0 Å². The maximum atomic E-state index is 11.9. The number of alkyl carbamates (subject to hydrolysis) is 1. The van der Waals surface area contributed by atoms with Gasteiger partial charge in [-0.1, -0.05) is 6.92 Å². The highest BCUT2D eigenvalue weighted by atomic mass is 16.6. The van der Waals surface area contributed by atoms with Crippen LogP contribution in [-0.4, -0.2) is 35.0 Å². The van der Waals surface area contributed by atoms with Crippen LogP contribution in [0.2, 0.25) is 0 Å². The number of imidazole rings is 1. The zero-order valence-electron chi connectivity index (χ0n) is 13.8. The molecule has 6 nitrogen and oxygen atoms in total. The molecule has 1 amide bonds. The van der Waals surface area contributed by atoms with E-state index in [0.29, 0.717) is 6.61 Å². The average molecular weight is 297 g/mol. The first-order valence-corrected chi connectivity index (χ1v) is 7.28. The van der Waals surface area contributed by atoms with Crippen LogP contribution in [0.3, 0.4) is 0 Å². The zero-order chi connectivity index (χ0) is 16.0. The van der Waals surface area contributed by atoms with Gasteiger partial charge in [0.15, 0.2) is 0 Å². The third-order valence-corrected chi connectivity index (χ3v) is 3.10. The number of amides is 1. The predicted octanol–water partition coefficient (Wildman–Crippen LogP) is 3.07. The molecule has 120 valence electrons. The van der Waals surface area contributed by atoms with Gasteiger partial charge < -0.3 is 19.4 Å². The van der Waals surface area contributed by atoms with Crippen molar-refractivity contribution in [3.8, 4) is 0 Å². The van der Waals surface area contributed by atoms with Gasteiger partial charge in [0.1, 0.15) is 5.60 Å². The first-order chi connectivity index (χ1) is 9.78. The third-order valence-electron chi connectivity index (χ3n) is 3.10. The van der Waals surface area contributed by atoms with E-state index < -0.39 is 11.7 Å². The maximum absolute atomic E-state index is 11.9. The second-order valence-corrected chi connectivity index (χ2v) is 6.11. The van der Waals surface area contributed by atoms with Gasteiger partial charge in [0.25, 0.3) is 0 Å². The van der Waals surface area contributed by atoms with Crippen LogP contribution in [0.4, 0.5) is 4.79 Å². The smallest absolute Gasteiger partial charge is 0.408 e. The van der Waals surface area contributed by atoms with E-state index in [1.54, 1.807) is 19.6 Å². The largest absolute Gasteiger partial charge is 0.444 e. The fourth-order valence-corrected chi connectivity index (χ4v) is 2.10. The third kappa shape index (κ3) is 5.38. The highest BCUT2D eigenvalue weighted by molar-refractivity contribution is 5.68. The van der Waals surface area contributed by atoms with Crippen molar-refractivity contribution in [3.05, 3.63) is 18.2 Å². The van der Waals surface area contributed by atoms with Gasteiger partial charge in [0, 0.05) is 7.11 Å². The summed E-state index contributed by atoms with van der Waals surface area (Å²) in [5.41, 5.74) is 0.427. The molecule has 0 fully saturated rings. The van der Waals surface area contributed by atoms with Crippen molar-refractivity contribution in [2.75, 3.05) is 13.7 Å². The SMILES string of the molecule is CCC(COC)n1cncc1[C@@H](C)NC(=O)OC(C)(C)C. The molecule has 1 N–H and O–H groups in total. The molecule has 0 saturated carbocycles. The number of nitrogens with one attached hydrogen (secondary N) is 1. The summed E-state index contributed by atoms with van der Waals surface area (Å²) in [4.78, 5) is 16.0. The Morgan fingerprint density at radius 3 is 2.67 bits per heavy atom. The molecule has 1 heterocycles. The Hall–Kier alpha value is -1.56. The van der Waals surface area contributed by atoms with Crippen LogP contribution in [0.1, 0.15) is 58.8 Å². The van der Waals surface area contributed by atoms with E-state index in [-0.39, 0.29) is 12.1 Å². The van der Waals surface area contributed by atoms with Crippen LogP contribution >= 0.6 is 0 Å². The number of aromatic nitrogens is 2. The molecular formula is C15H27N3O3. The summed E-state index contributed by atoms with van der Waals surface area (Å²) < 4.78 is 12.6. The van der Waals surface area contributed by atoms with E-state index >= 15 is 0 Å². The van der Waals surface area contributed by atoms with Crippen molar-refractivity contribution in [2.45, 2.75) is 58.7 Å². The number of carbonyl (C=O) groups is 1. The molecule has 1 rings (SSSR count). The Kier molecular flexibility index (Phi) is 6.20. The summed E-state index contributed by atoms with van der Waals surface area (Å²) in [6.07, 6.45) is 4.04. The van der Waals surface area contributed by atoms with E-state index in [1.165, 1.54) is 0 Å². The Balaban J connectivity index is 2.77. The summed E-state index contributed by atoms with van der Waals surface area (Å²) in [6, 6.07) is 0.0173. The van der Waals surface area contributed by atoms with Crippen LogP contribution < -0.4 is 5.32 Å². The second-order valence-electron chi connectivity index (χ2n) is 6.11. The van der Waals surface area contributed by atoms with E-state index in [0.717, 1.165) is 12.1 Å². The molecule has 0 aromatic carbocycles. The lowest BCUT2D eigenvalue weighted by atomic mass is 10.2. The van der Waals surface area contributed by atoms with Gasteiger partial charge in [-0.2, -0.15) is 0 Å². The summed E-state index contributed by atoms with van der Waals surface area (Å²) >= 11 is 0. The minimum Gasteiger partial charge on any atom is -0.444 e. The lowest BCUT2D eigenvalue weighted by molar-refractivity contribution is 0.0505. The van der Waals surface area contributed by atoms with Gasteiger partial charge in [-0.15, -0.1) is 0 Å². The lowest BCUT2D eigenvalue weighted by Gasteiger charge is -2.24. The Morgan fingerprint density at radius 1 is 1.48 bits per heavy atom. The highest BCUT2D eigenvalue weighted by Gasteiger charge is 2.21. The molecule has 0 aliphatic heterocycles.